The molecule has 7 nitrogen and oxygen atoms in total. The van der Waals surface area contributed by atoms with Crippen molar-refractivity contribution in [1.82, 2.24) is 5.32 Å². The molecule has 1 atom stereocenters. The van der Waals surface area contributed by atoms with Gasteiger partial charge in [0.2, 0.25) is 0 Å². The average Bonchev–Trinajstić information content (AvgIpc) is 3.29. The lowest BCUT2D eigenvalue weighted by atomic mass is 10.2. The van der Waals surface area contributed by atoms with Gasteiger partial charge in [0.15, 0.2) is 6.10 Å². The van der Waals surface area contributed by atoms with Crippen LogP contribution in [0, 0.1) is 0 Å². The third-order valence-corrected chi connectivity index (χ3v) is 6.87. The van der Waals surface area contributed by atoms with Crippen LogP contribution >= 0.6 is 11.3 Å². The van der Waals surface area contributed by atoms with Gasteiger partial charge < -0.3 is 10.1 Å². The molecule has 0 aliphatic rings. The summed E-state index contributed by atoms with van der Waals surface area (Å²) in [6, 6.07) is 18.3. The summed E-state index contributed by atoms with van der Waals surface area (Å²) in [5.41, 5.74) is 1.45. The van der Waals surface area contributed by atoms with Gasteiger partial charge in [0, 0.05) is 12.2 Å². The monoisotopic (exact) mass is 444 g/mol. The first-order chi connectivity index (χ1) is 14.3. The molecule has 0 aliphatic heterocycles. The standard InChI is InChI=1S/C21H20N2O5S2/c1-15(20(24)22-14-16-6-3-2-4-7-16)28-21(25)17-9-11-18(12-10-17)23-30(26,27)19-8-5-13-29-19/h2-13,15,23H,14H2,1H3,(H,22,24)/t15-/m0/s1. The first-order valence-electron chi connectivity index (χ1n) is 9.04. The van der Waals surface area contributed by atoms with Crippen LogP contribution in [0.4, 0.5) is 5.69 Å². The van der Waals surface area contributed by atoms with Crippen LogP contribution in [0.1, 0.15) is 22.8 Å². The van der Waals surface area contributed by atoms with Crippen LogP contribution in [-0.2, 0) is 26.1 Å². The molecule has 0 spiro atoms. The highest BCUT2D eigenvalue weighted by Crippen LogP contribution is 2.20. The number of benzene rings is 2. The van der Waals surface area contributed by atoms with Crippen molar-refractivity contribution in [1.29, 1.82) is 0 Å². The van der Waals surface area contributed by atoms with Gasteiger partial charge in [0.05, 0.1) is 5.56 Å². The molecular formula is C21H20N2O5S2. The number of esters is 1. The lowest BCUT2D eigenvalue weighted by Crippen LogP contribution is -2.35. The summed E-state index contributed by atoms with van der Waals surface area (Å²) in [6.07, 6.45) is -0.974. The second-order valence-electron chi connectivity index (χ2n) is 6.37. The molecule has 0 fully saturated rings. The minimum Gasteiger partial charge on any atom is -0.449 e. The Morgan fingerprint density at radius 1 is 1.00 bits per heavy atom. The van der Waals surface area contributed by atoms with Crippen molar-refractivity contribution in [3.63, 3.8) is 0 Å². The van der Waals surface area contributed by atoms with E-state index in [2.05, 4.69) is 10.0 Å². The number of anilines is 1. The van der Waals surface area contributed by atoms with Crippen molar-refractivity contribution in [3.05, 3.63) is 83.2 Å². The Kier molecular flexibility index (Phi) is 6.86. The van der Waals surface area contributed by atoms with Crippen molar-refractivity contribution in [3.8, 4) is 0 Å². The molecule has 0 radical (unpaired) electrons. The third-order valence-electron chi connectivity index (χ3n) is 4.10. The summed E-state index contributed by atoms with van der Waals surface area (Å²) in [7, 11) is -3.66. The molecule has 1 aromatic heterocycles. The van der Waals surface area contributed by atoms with E-state index < -0.39 is 28.0 Å². The van der Waals surface area contributed by atoms with E-state index in [1.54, 1.807) is 11.4 Å². The Morgan fingerprint density at radius 2 is 1.70 bits per heavy atom. The molecule has 0 unspecified atom stereocenters. The second-order valence-corrected chi connectivity index (χ2v) is 9.22. The number of sulfonamides is 1. The van der Waals surface area contributed by atoms with Crippen LogP contribution in [0.2, 0.25) is 0 Å². The van der Waals surface area contributed by atoms with Gasteiger partial charge in [-0.25, -0.2) is 13.2 Å². The van der Waals surface area contributed by atoms with Crippen molar-refractivity contribution in [2.75, 3.05) is 4.72 Å². The highest BCUT2D eigenvalue weighted by atomic mass is 32.2. The smallest absolute Gasteiger partial charge is 0.338 e. The number of ether oxygens (including phenoxy) is 1. The van der Waals surface area contributed by atoms with Crippen LogP contribution in [0.15, 0.2) is 76.3 Å². The zero-order valence-electron chi connectivity index (χ0n) is 16.1. The van der Waals surface area contributed by atoms with Crippen LogP contribution < -0.4 is 10.0 Å². The molecule has 156 valence electrons. The quantitative estimate of drug-likeness (QED) is 0.519. The maximum absolute atomic E-state index is 12.3. The van der Waals surface area contributed by atoms with Gasteiger partial charge in [-0.2, -0.15) is 0 Å². The van der Waals surface area contributed by atoms with Crippen molar-refractivity contribution >= 4 is 38.9 Å². The molecule has 0 bridgehead atoms. The van der Waals surface area contributed by atoms with E-state index in [1.807, 2.05) is 30.3 Å². The third kappa shape index (κ3) is 5.68. The minimum atomic E-state index is -3.66. The van der Waals surface area contributed by atoms with E-state index in [4.69, 9.17) is 4.74 Å². The van der Waals surface area contributed by atoms with E-state index >= 15 is 0 Å². The summed E-state index contributed by atoms with van der Waals surface area (Å²) in [5, 5.41) is 4.38. The molecule has 30 heavy (non-hydrogen) atoms. The van der Waals surface area contributed by atoms with E-state index in [-0.39, 0.29) is 9.77 Å². The highest BCUT2D eigenvalue weighted by molar-refractivity contribution is 7.94. The number of nitrogens with one attached hydrogen (secondary N) is 2. The Hall–Kier alpha value is -3.17. The number of thiophene rings is 1. The maximum Gasteiger partial charge on any atom is 0.338 e. The Bertz CT molecular complexity index is 1100. The Balaban J connectivity index is 1.54. The molecule has 1 heterocycles. The maximum atomic E-state index is 12.3. The zero-order chi connectivity index (χ0) is 21.6. The number of hydrogen-bond donors (Lipinski definition) is 2. The van der Waals surface area contributed by atoms with Gasteiger partial charge in [-0.05, 0) is 48.2 Å². The SMILES string of the molecule is C[C@H](OC(=O)c1ccc(NS(=O)(=O)c2cccs2)cc1)C(=O)NCc1ccccc1. The first kappa shape index (κ1) is 21.5. The highest BCUT2D eigenvalue weighted by Gasteiger charge is 2.19. The summed E-state index contributed by atoms with van der Waals surface area (Å²) in [4.78, 5) is 24.4. The molecule has 1 amide bonds. The molecule has 9 heteroatoms. The van der Waals surface area contributed by atoms with Gasteiger partial charge in [-0.3, -0.25) is 9.52 Å². The Labute approximate surface area is 178 Å². The molecular weight excluding hydrogens is 424 g/mol. The second kappa shape index (κ2) is 9.55. The summed E-state index contributed by atoms with van der Waals surface area (Å²) < 4.78 is 32.3. The number of amides is 1. The van der Waals surface area contributed by atoms with Crippen molar-refractivity contribution in [2.24, 2.45) is 0 Å². The lowest BCUT2D eigenvalue weighted by molar-refractivity contribution is -0.129. The van der Waals surface area contributed by atoms with Crippen LogP contribution in [0.5, 0.6) is 0 Å². The van der Waals surface area contributed by atoms with Crippen LogP contribution in [0.25, 0.3) is 0 Å². The number of rotatable bonds is 8. The van der Waals surface area contributed by atoms with Gasteiger partial charge in [0.25, 0.3) is 15.9 Å². The summed E-state index contributed by atoms with van der Waals surface area (Å²) in [6.45, 7) is 1.82. The minimum absolute atomic E-state index is 0.196. The number of carbonyl (C=O) groups excluding carboxylic acids is 2. The zero-order valence-corrected chi connectivity index (χ0v) is 17.7. The summed E-state index contributed by atoms with van der Waals surface area (Å²) >= 11 is 1.11. The number of carbonyl (C=O) groups is 2. The fourth-order valence-corrected chi connectivity index (χ4v) is 4.56. The molecule has 0 aliphatic carbocycles. The normalized spacial score (nSPS) is 12.0. The van der Waals surface area contributed by atoms with E-state index in [0.29, 0.717) is 12.2 Å². The van der Waals surface area contributed by atoms with Gasteiger partial charge in [-0.1, -0.05) is 36.4 Å². The molecule has 0 saturated carbocycles. The number of hydrogen-bond acceptors (Lipinski definition) is 6. The van der Waals surface area contributed by atoms with Crippen molar-refractivity contribution < 1.29 is 22.7 Å². The van der Waals surface area contributed by atoms with E-state index in [0.717, 1.165) is 16.9 Å². The lowest BCUT2D eigenvalue weighted by Gasteiger charge is -2.14. The molecule has 3 rings (SSSR count). The average molecular weight is 445 g/mol. The molecule has 0 saturated heterocycles. The Morgan fingerprint density at radius 3 is 2.33 bits per heavy atom. The molecule has 3 aromatic rings. The van der Waals surface area contributed by atoms with E-state index in [1.165, 1.54) is 37.3 Å². The fourth-order valence-electron chi connectivity index (χ4n) is 2.51. The van der Waals surface area contributed by atoms with Gasteiger partial charge >= 0.3 is 5.97 Å². The van der Waals surface area contributed by atoms with Gasteiger partial charge in [-0.15, -0.1) is 11.3 Å². The topological polar surface area (TPSA) is 102 Å². The van der Waals surface area contributed by atoms with E-state index in [9.17, 15) is 18.0 Å². The van der Waals surface area contributed by atoms with Gasteiger partial charge in [0.1, 0.15) is 4.21 Å². The van der Waals surface area contributed by atoms with Crippen LogP contribution in [-0.4, -0.2) is 26.4 Å². The largest absolute Gasteiger partial charge is 0.449 e. The predicted molar refractivity (Wildman–Crippen MR) is 115 cm³/mol. The van der Waals surface area contributed by atoms with Crippen molar-refractivity contribution in [2.45, 2.75) is 23.8 Å². The van der Waals surface area contributed by atoms with Crippen LogP contribution in [0.3, 0.4) is 0 Å². The fraction of sp³-hybridized carbons (Fsp3) is 0.143. The summed E-state index contributed by atoms with van der Waals surface area (Å²) in [5.74, 6) is -1.09. The predicted octanol–water partition coefficient (Wildman–Crippen LogP) is 3.41. The first-order valence-corrected chi connectivity index (χ1v) is 11.4. The molecule has 2 N–H and O–H groups in total. The molecule has 2 aromatic carbocycles.